The van der Waals surface area contributed by atoms with E-state index < -0.39 is 0 Å². The highest BCUT2D eigenvalue weighted by atomic mass is 16.5. The van der Waals surface area contributed by atoms with Crippen molar-refractivity contribution in [2.75, 3.05) is 20.8 Å². The summed E-state index contributed by atoms with van der Waals surface area (Å²) in [6, 6.07) is 8.05. The Hall–Kier alpha value is -0.900. The van der Waals surface area contributed by atoms with Gasteiger partial charge in [0, 0.05) is 20.3 Å². The molecule has 2 N–H and O–H groups in total. The Labute approximate surface area is 91.2 Å². The first kappa shape index (κ1) is 12.2. The van der Waals surface area contributed by atoms with E-state index in [0.717, 1.165) is 11.1 Å². The number of ether oxygens (including phenoxy) is 2. The summed E-state index contributed by atoms with van der Waals surface area (Å²) in [6.07, 6.45) is -0.0443. The van der Waals surface area contributed by atoms with Gasteiger partial charge in [-0.2, -0.15) is 0 Å². The summed E-state index contributed by atoms with van der Waals surface area (Å²) in [7, 11) is 3.35. The second-order valence-corrected chi connectivity index (χ2v) is 3.60. The number of nitrogens with two attached hydrogens (primary N) is 1. The molecule has 0 aliphatic heterocycles. The molecule has 3 heteroatoms. The Bertz CT molecular complexity index is 299. The Morgan fingerprint density at radius 3 is 2.27 bits per heavy atom. The van der Waals surface area contributed by atoms with Gasteiger partial charge in [0.15, 0.2) is 0 Å². The van der Waals surface area contributed by atoms with Crippen molar-refractivity contribution in [2.24, 2.45) is 5.73 Å². The zero-order valence-corrected chi connectivity index (χ0v) is 9.57. The minimum atomic E-state index is -0.0443. The lowest BCUT2D eigenvalue weighted by molar-refractivity contribution is 0.0268. The number of benzene rings is 1. The average Bonchev–Trinajstić information content (AvgIpc) is 2.26. The maximum Gasteiger partial charge on any atom is 0.106 e. The Kier molecular flexibility index (Phi) is 4.75. The molecule has 3 nitrogen and oxygen atoms in total. The van der Waals surface area contributed by atoms with Gasteiger partial charge in [-0.1, -0.05) is 24.3 Å². The molecule has 1 aromatic carbocycles. The van der Waals surface area contributed by atoms with Gasteiger partial charge >= 0.3 is 0 Å². The van der Waals surface area contributed by atoms with Gasteiger partial charge in [0.25, 0.3) is 0 Å². The maximum atomic E-state index is 5.91. The van der Waals surface area contributed by atoms with E-state index in [1.165, 1.54) is 0 Å². The largest absolute Gasteiger partial charge is 0.382 e. The number of hydrogen-bond acceptors (Lipinski definition) is 3. The van der Waals surface area contributed by atoms with E-state index in [1.54, 1.807) is 14.2 Å². The molecule has 0 fully saturated rings. The molecule has 0 aliphatic carbocycles. The van der Waals surface area contributed by atoms with Crippen molar-refractivity contribution in [3.05, 3.63) is 35.4 Å². The number of hydrogen-bond donors (Lipinski definition) is 1. The van der Waals surface area contributed by atoms with Gasteiger partial charge in [0.1, 0.15) is 6.10 Å². The standard InChI is InChI=1S/C12H19NO2/c1-9(13)10-6-4-5-7-11(10)12(15-3)8-14-2/h4-7,9,12H,8,13H2,1-3H3. The molecule has 15 heavy (non-hydrogen) atoms. The van der Waals surface area contributed by atoms with E-state index in [9.17, 15) is 0 Å². The fourth-order valence-corrected chi connectivity index (χ4v) is 1.65. The van der Waals surface area contributed by atoms with Gasteiger partial charge in [-0.25, -0.2) is 0 Å². The predicted molar refractivity (Wildman–Crippen MR) is 60.7 cm³/mol. The molecule has 0 spiro atoms. The van der Waals surface area contributed by atoms with Crippen LogP contribution in [0.25, 0.3) is 0 Å². The molecular formula is C12H19NO2. The molecule has 0 heterocycles. The van der Waals surface area contributed by atoms with E-state index in [0.29, 0.717) is 6.61 Å². The van der Waals surface area contributed by atoms with E-state index in [2.05, 4.69) is 0 Å². The minimum Gasteiger partial charge on any atom is -0.382 e. The van der Waals surface area contributed by atoms with Crippen molar-refractivity contribution in [1.82, 2.24) is 0 Å². The molecule has 2 atom stereocenters. The van der Waals surface area contributed by atoms with Gasteiger partial charge in [-0.15, -0.1) is 0 Å². The third kappa shape index (κ3) is 3.02. The molecule has 0 amide bonds. The summed E-state index contributed by atoms with van der Waals surface area (Å²) in [6.45, 7) is 2.51. The Balaban J connectivity index is 2.99. The van der Waals surface area contributed by atoms with Crippen LogP contribution in [-0.2, 0) is 9.47 Å². The third-order valence-electron chi connectivity index (χ3n) is 2.44. The van der Waals surface area contributed by atoms with Crippen molar-refractivity contribution >= 4 is 0 Å². The summed E-state index contributed by atoms with van der Waals surface area (Å²) in [5, 5.41) is 0. The lowest BCUT2D eigenvalue weighted by Crippen LogP contribution is -2.15. The van der Waals surface area contributed by atoms with Crippen molar-refractivity contribution < 1.29 is 9.47 Å². The van der Waals surface area contributed by atoms with Crippen LogP contribution >= 0.6 is 0 Å². The number of rotatable bonds is 5. The monoisotopic (exact) mass is 209 g/mol. The lowest BCUT2D eigenvalue weighted by Gasteiger charge is -2.20. The fourth-order valence-electron chi connectivity index (χ4n) is 1.65. The molecule has 1 rings (SSSR count). The fraction of sp³-hybridized carbons (Fsp3) is 0.500. The van der Waals surface area contributed by atoms with Crippen molar-refractivity contribution in [2.45, 2.75) is 19.1 Å². The highest BCUT2D eigenvalue weighted by Crippen LogP contribution is 2.24. The van der Waals surface area contributed by atoms with Crippen LogP contribution in [0.4, 0.5) is 0 Å². The highest BCUT2D eigenvalue weighted by molar-refractivity contribution is 5.31. The van der Waals surface area contributed by atoms with Crippen LogP contribution in [0.15, 0.2) is 24.3 Å². The minimum absolute atomic E-state index is 0.00991. The summed E-state index contributed by atoms with van der Waals surface area (Å²) in [5.74, 6) is 0. The second kappa shape index (κ2) is 5.85. The van der Waals surface area contributed by atoms with E-state index in [1.807, 2.05) is 31.2 Å². The predicted octanol–water partition coefficient (Wildman–Crippen LogP) is 2.04. The summed E-state index contributed by atoms with van der Waals surface area (Å²) >= 11 is 0. The van der Waals surface area contributed by atoms with Crippen LogP contribution in [0.5, 0.6) is 0 Å². The molecule has 0 bridgehead atoms. The van der Waals surface area contributed by atoms with Crippen LogP contribution in [0.3, 0.4) is 0 Å². The maximum absolute atomic E-state index is 5.91. The molecule has 0 saturated heterocycles. The van der Waals surface area contributed by atoms with Crippen molar-refractivity contribution in [3.8, 4) is 0 Å². The van der Waals surface area contributed by atoms with Gasteiger partial charge in [-0.3, -0.25) is 0 Å². The number of methoxy groups -OCH3 is 2. The molecule has 0 aliphatic rings. The van der Waals surface area contributed by atoms with Gasteiger partial charge in [0.2, 0.25) is 0 Å². The molecular weight excluding hydrogens is 190 g/mol. The summed E-state index contributed by atoms with van der Waals surface area (Å²) in [5.41, 5.74) is 8.13. The van der Waals surface area contributed by atoms with E-state index in [-0.39, 0.29) is 12.1 Å². The van der Waals surface area contributed by atoms with E-state index in [4.69, 9.17) is 15.2 Å². The molecule has 0 aromatic heterocycles. The molecule has 2 unspecified atom stereocenters. The molecule has 0 saturated carbocycles. The SMILES string of the molecule is COCC(OC)c1ccccc1C(C)N. The first-order valence-corrected chi connectivity index (χ1v) is 5.06. The van der Waals surface area contributed by atoms with Crippen LogP contribution < -0.4 is 5.73 Å². The lowest BCUT2D eigenvalue weighted by atomic mass is 9.98. The van der Waals surface area contributed by atoms with Crippen LogP contribution in [0, 0.1) is 0 Å². The zero-order chi connectivity index (χ0) is 11.3. The zero-order valence-electron chi connectivity index (χ0n) is 9.57. The normalized spacial score (nSPS) is 14.9. The van der Waals surface area contributed by atoms with Gasteiger partial charge in [0.05, 0.1) is 6.61 Å². The quantitative estimate of drug-likeness (QED) is 0.807. The van der Waals surface area contributed by atoms with Crippen LogP contribution in [-0.4, -0.2) is 20.8 Å². The van der Waals surface area contributed by atoms with Crippen molar-refractivity contribution in [3.63, 3.8) is 0 Å². The van der Waals surface area contributed by atoms with Gasteiger partial charge < -0.3 is 15.2 Å². The smallest absolute Gasteiger partial charge is 0.106 e. The molecule has 1 aromatic rings. The summed E-state index contributed by atoms with van der Waals surface area (Å²) < 4.78 is 10.5. The molecule has 0 radical (unpaired) electrons. The Morgan fingerprint density at radius 1 is 1.20 bits per heavy atom. The van der Waals surface area contributed by atoms with Crippen molar-refractivity contribution in [1.29, 1.82) is 0 Å². The van der Waals surface area contributed by atoms with Crippen LogP contribution in [0.1, 0.15) is 30.2 Å². The third-order valence-corrected chi connectivity index (χ3v) is 2.44. The van der Waals surface area contributed by atoms with E-state index >= 15 is 0 Å². The first-order chi connectivity index (χ1) is 7.20. The summed E-state index contributed by atoms with van der Waals surface area (Å²) in [4.78, 5) is 0. The van der Waals surface area contributed by atoms with Gasteiger partial charge in [-0.05, 0) is 18.1 Å². The Morgan fingerprint density at radius 2 is 1.80 bits per heavy atom. The topological polar surface area (TPSA) is 44.5 Å². The highest BCUT2D eigenvalue weighted by Gasteiger charge is 2.15. The molecule has 84 valence electrons. The first-order valence-electron chi connectivity index (χ1n) is 5.06. The second-order valence-electron chi connectivity index (χ2n) is 3.60. The van der Waals surface area contributed by atoms with Crippen LogP contribution in [0.2, 0.25) is 0 Å². The average molecular weight is 209 g/mol.